The Labute approximate surface area is 195 Å². The highest BCUT2D eigenvalue weighted by Crippen LogP contribution is 2.35. The zero-order valence-corrected chi connectivity index (χ0v) is 19.8. The summed E-state index contributed by atoms with van der Waals surface area (Å²) in [5, 5.41) is 2.22. The predicted octanol–water partition coefficient (Wildman–Crippen LogP) is 5.36. The fourth-order valence-electron chi connectivity index (χ4n) is 4.30. The van der Waals surface area contributed by atoms with E-state index < -0.39 is 0 Å². The summed E-state index contributed by atoms with van der Waals surface area (Å²) in [6.45, 7) is 2.22. The summed E-state index contributed by atoms with van der Waals surface area (Å²) in [5.41, 5.74) is 3.55. The standard InChI is InChI=1S/C28H30NO4/c1-19(21-9-7-6-8-10-21)29-14-13-22-17-27(32-4)28(33-5)18-23(22)24(29)15-20-11-12-25(30-2)26(16-20)31-3/h6-14,16-19H,15H2,1-5H3/q+1/t19-/m0/s1. The van der Waals surface area contributed by atoms with Gasteiger partial charge < -0.3 is 18.9 Å². The van der Waals surface area contributed by atoms with Crippen LogP contribution in [0.1, 0.15) is 29.8 Å². The van der Waals surface area contributed by atoms with Gasteiger partial charge in [-0.25, -0.2) is 0 Å². The molecule has 0 aliphatic carbocycles. The molecule has 170 valence electrons. The molecule has 0 radical (unpaired) electrons. The molecule has 5 heteroatoms. The Bertz CT molecular complexity index is 1250. The molecule has 0 aliphatic rings. The maximum absolute atomic E-state index is 5.63. The van der Waals surface area contributed by atoms with Crippen molar-refractivity contribution in [1.29, 1.82) is 0 Å². The molecule has 0 fully saturated rings. The van der Waals surface area contributed by atoms with Gasteiger partial charge in [-0.1, -0.05) is 36.4 Å². The third-order valence-corrected chi connectivity index (χ3v) is 6.11. The van der Waals surface area contributed by atoms with Crippen molar-refractivity contribution in [3.05, 3.63) is 89.7 Å². The summed E-state index contributed by atoms with van der Waals surface area (Å²) in [5.74, 6) is 2.87. The number of aromatic nitrogens is 1. The molecule has 0 unspecified atom stereocenters. The van der Waals surface area contributed by atoms with Crippen LogP contribution < -0.4 is 23.5 Å². The highest BCUT2D eigenvalue weighted by Gasteiger charge is 2.24. The van der Waals surface area contributed by atoms with Gasteiger partial charge in [0.25, 0.3) is 0 Å². The largest absolute Gasteiger partial charge is 0.493 e. The van der Waals surface area contributed by atoms with Crippen LogP contribution in [0, 0.1) is 0 Å². The molecule has 0 saturated carbocycles. The van der Waals surface area contributed by atoms with Crippen LogP contribution >= 0.6 is 0 Å². The van der Waals surface area contributed by atoms with Crippen LogP contribution in [-0.2, 0) is 6.42 Å². The molecule has 1 aromatic heterocycles. The number of nitrogens with zero attached hydrogens (tertiary/aromatic N) is 1. The summed E-state index contributed by atoms with van der Waals surface area (Å²) >= 11 is 0. The molecule has 33 heavy (non-hydrogen) atoms. The molecular formula is C28H30NO4+. The minimum absolute atomic E-state index is 0.152. The molecule has 0 spiro atoms. The van der Waals surface area contributed by atoms with E-state index in [4.69, 9.17) is 18.9 Å². The van der Waals surface area contributed by atoms with Crippen LogP contribution in [0.4, 0.5) is 0 Å². The number of benzene rings is 3. The smallest absolute Gasteiger partial charge is 0.194 e. The molecule has 0 N–H and O–H groups in total. The third kappa shape index (κ3) is 4.44. The first kappa shape index (κ1) is 22.5. The lowest BCUT2D eigenvalue weighted by atomic mass is 9.99. The molecule has 3 aromatic carbocycles. The highest BCUT2D eigenvalue weighted by molar-refractivity contribution is 5.87. The van der Waals surface area contributed by atoms with Crippen LogP contribution in [0.25, 0.3) is 10.8 Å². The first-order chi connectivity index (χ1) is 16.1. The average molecular weight is 445 g/mol. The van der Waals surface area contributed by atoms with Crippen LogP contribution in [0.5, 0.6) is 23.0 Å². The van der Waals surface area contributed by atoms with E-state index in [1.165, 1.54) is 11.3 Å². The van der Waals surface area contributed by atoms with Crippen molar-refractivity contribution < 1.29 is 23.5 Å². The van der Waals surface area contributed by atoms with E-state index in [9.17, 15) is 0 Å². The molecule has 4 rings (SSSR count). The number of fused-ring (bicyclic) bond motifs is 1. The van der Waals surface area contributed by atoms with Gasteiger partial charge in [0, 0.05) is 18.6 Å². The zero-order valence-electron chi connectivity index (χ0n) is 19.8. The van der Waals surface area contributed by atoms with Gasteiger partial charge in [0.15, 0.2) is 40.9 Å². The molecular weight excluding hydrogens is 414 g/mol. The van der Waals surface area contributed by atoms with Gasteiger partial charge >= 0.3 is 0 Å². The second kappa shape index (κ2) is 9.82. The molecule has 0 saturated heterocycles. The number of hydrogen-bond donors (Lipinski definition) is 0. The molecule has 1 heterocycles. The number of ether oxygens (including phenoxy) is 4. The fraction of sp³-hybridized carbons (Fsp3) is 0.250. The van der Waals surface area contributed by atoms with Crippen molar-refractivity contribution in [2.75, 3.05) is 28.4 Å². The topological polar surface area (TPSA) is 40.8 Å². The second-order valence-electron chi connectivity index (χ2n) is 7.92. The van der Waals surface area contributed by atoms with Gasteiger partial charge in [-0.15, -0.1) is 0 Å². The van der Waals surface area contributed by atoms with Crippen molar-refractivity contribution in [1.82, 2.24) is 0 Å². The van der Waals surface area contributed by atoms with Crippen molar-refractivity contribution in [3.8, 4) is 23.0 Å². The number of methoxy groups -OCH3 is 4. The van der Waals surface area contributed by atoms with E-state index in [-0.39, 0.29) is 6.04 Å². The monoisotopic (exact) mass is 444 g/mol. The van der Waals surface area contributed by atoms with Gasteiger partial charge in [0.05, 0.1) is 40.2 Å². The number of pyridine rings is 1. The van der Waals surface area contributed by atoms with E-state index in [0.29, 0.717) is 12.2 Å². The lowest BCUT2D eigenvalue weighted by molar-refractivity contribution is -0.715. The van der Waals surface area contributed by atoms with Crippen molar-refractivity contribution in [2.24, 2.45) is 0 Å². The van der Waals surface area contributed by atoms with E-state index >= 15 is 0 Å². The second-order valence-corrected chi connectivity index (χ2v) is 7.92. The molecule has 0 amide bonds. The Morgan fingerprint density at radius 2 is 1.33 bits per heavy atom. The van der Waals surface area contributed by atoms with E-state index in [2.05, 4.69) is 60.2 Å². The minimum atomic E-state index is 0.152. The summed E-state index contributed by atoms with van der Waals surface area (Å²) in [4.78, 5) is 0. The van der Waals surface area contributed by atoms with Gasteiger partial charge in [0.1, 0.15) is 0 Å². The summed E-state index contributed by atoms with van der Waals surface area (Å²) < 4.78 is 24.5. The summed E-state index contributed by atoms with van der Waals surface area (Å²) in [6, 6.07) is 23.0. The van der Waals surface area contributed by atoms with Crippen LogP contribution in [0.15, 0.2) is 72.9 Å². The Balaban J connectivity index is 1.91. The van der Waals surface area contributed by atoms with Crippen molar-refractivity contribution in [3.63, 3.8) is 0 Å². The molecule has 5 nitrogen and oxygen atoms in total. The van der Waals surface area contributed by atoms with E-state index in [0.717, 1.165) is 33.6 Å². The summed E-state index contributed by atoms with van der Waals surface area (Å²) in [6.07, 6.45) is 2.87. The maximum atomic E-state index is 5.63. The zero-order chi connectivity index (χ0) is 23.4. The van der Waals surface area contributed by atoms with Crippen LogP contribution in [0.3, 0.4) is 0 Å². The van der Waals surface area contributed by atoms with E-state index in [1.54, 1.807) is 28.4 Å². The third-order valence-electron chi connectivity index (χ3n) is 6.11. The molecule has 0 aliphatic heterocycles. The Morgan fingerprint density at radius 3 is 2.00 bits per heavy atom. The Kier molecular flexibility index (Phi) is 6.68. The van der Waals surface area contributed by atoms with Crippen LogP contribution in [0.2, 0.25) is 0 Å². The lowest BCUT2D eigenvalue weighted by Gasteiger charge is -2.16. The predicted molar refractivity (Wildman–Crippen MR) is 130 cm³/mol. The van der Waals surface area contributed by atoms with Crippen molar-refractivity contribution in [2.45, 2.75) is 19.4 Å². The number of rotatable bonds is 8. The molecule has 1 atom stereocenters. The SMILES string of the molecule is COc1ccc(Cc2c3cc(OC)c(OC)cc3cc[n+]2[C@@H](C)c2ccccc2)cc1OC. The molecule has 0 bridgehead atoms. The maximum Gasteiger partial charge on any atom is 0.194 e. The first-order valence-corrected chi connectivity index (χ1v) is 10.9. The normalized spacial score (nSPS) is 11.8. The van der Waals surface area contributed by atoms with Gasteiger partial charge in [-0.3, -0.25) is 0 Å². The quantitative estimate of drug-likeness (QED) is 0.343. The van der Waals surface area contributed by atoms with Crippen LogP contribution in [-0.4, -0.2) is 28.4 Å². The number of hydrogen-bond acceptors (Lipinski definition) is 4. The van der Waals surface area contributed by atoms with Gasteiger partial charge in [-0.2, -0.15) is 4.57 Å². The van der Waals surface area contributed by atoms with Crippen molar-refractivity contribution >= 4 is 10.8 Å². The average Bonchev–Trinajstić information content (AvgIpc) is 2.88. The fourth-order valence-corrected chi connectivity index (χ4v) is 4.30. The Hall–Kier alpha value is -3.73. The minimum Gasteiger partial charge on any atom is -0.493 e. The first-order valence-electron chi connectivity index (χ1n) is 10.9. The Morgan fingerprint density at radius 1 is 0.697 bits per heavy atom. The molecule has 4 aromatic rings. The summed E-state index contributed by atoms with van der Waals surface area (Å²) in [7, 11) is 6.64. The lowest BCUT2D eigenvalue weighted by Crippen LogP contribution is -2.42. The van der Waals surface area contributed by atoms with E-state index in [1.807, 2.05) is 24.3 Å². The van der Waals surface area contributed by atoms with Gasteiger partial charge in [-0.05, 0) is 35.2 Å². The van der Waals surface area contributed by atoms with Gasteiger partial charge in [0.2, 0.25) is 0 Å². The highest BCUT2D eigenvalue weighted by atomic mass is 16.5.